The molecular weight excluding hydrogens is 349 g/mol. The van der Waals surface area contributed by atoms with Gasteiger partial charge in [-0.2, -0.15) is 20.0 Å². The van der Waals surface area contributed by atoms with Gasteiger partial charge in [0.15, 0.2) is 5.82 Å². The van der Waals surface area contributed by atoms with Crippen LogP contribution in [0.4, 0.5) is 15.9 Å². The van der Waals surface area contributed by atoms with Gasteiger partial charge in [0.2, 0.25) is 11.9 Å². The molecule has 0 aliphatic carbocycles. The van der Waals surface area contributed by atoms with E-state index >= 15 is 0 Å². The topological polar surface area (TPSA) is 111 Å². The normalized spacial score (nSPS) is 15.6. The molecule has 1 N–H and O–H groups in total. The number of nitriles is 2. The average Bonchev–Trinajstić information content (AvgIpc) is 3.12. The summed E-state index contributed by atoms with van der Waals surface area (Å²) in [4.78, 5) is 17.1. The lowest BCUT2D eigenvalue weighted by molar-refractivity contribution is -0.132. The molecule has 0 aromatic carbocycles. The first kappa shape index (κ1) is 18.3. The van der Waals surface area contributed by atoms with Gasteiger partial charge in [0.25, 0.3) is 0 Å². The first-order valence-corrected chi connectivity index (χ1v) is 8.53. The molecule has 0 radical (unpaired) electrons. The minimum Gasteiger partial charge on any atom is -0.342 e. The number of aromatic nitrogens is 3. The second-order valence-electron chi connectivity index (χ2n) is 6.41. The highest BCUT2D eigenvalue weighted by Crippen LogP contribution is 2.34. The summed E-state index contributed by atoms with van der Waals surface area (Å²) in [5.41, 5.74) is 0.0145. The fourth-order valence-corrected chi connectivity index (χ4v) is 3.27. The number of carbonyl (C=O) groups is 1. The molecule has 0 spiro atoms. The second kappa shape index (κ2) is 7.83. The largest absolute Gasteiger partial charge is 0.342 e. The van der Waals surface area contributed by atoms with Gasteiger partial charge in [0, 0.05) is 43.3 Å². The number of rotatable bonds is 5. The molecule has 2 aromatic rings. The molecule has 1 fully saturated rings. The number of likely N-dealkylation sites (tertiary alicyclic amines) is 1. The zero-order valence-corrected chi connectivity index (χ0v) is 14.6. The van der Waals surface area contributed by atoms with Gasteiger partial charge in [-0.1, -0.05) is 0 Å². The Kier molecular flexibility index (Phi) is 5.32. The van der Waals surface area contributed by atoms with Crippen molar-refractivity contribution in [1.82, 2.24) is 19.7 Å². The number of anilines is 2. The molecule has 0 atom stereocenters. The van der Waals surface area contributed by atoms with E-state index in [9.17, 15) is 14.4 Å². The van der Waals surface area contributed by atoms with E-state index in [1.54, 1.807) is 27.9 Å². The maximum absolute atomic E-state index is 13.2. The third-order valence-electron chi connectivity index (χ3n) is 4.76. The zero-order chi connectivity index (χ0) is 19.3. The van der Waals surface area contributed by atoms with Crippen molar-refractivity contribution in [3.05, 3.63) is 36.5 Å². The van der Waals surface area contributed by atoms with E-state index in [1.807, 2.05) is 6.07 Å². The Balaban J connectivity index is 1.75. The van der Waals surface area contributed by atoms with Crippen molar-refractivity contribution in [3.63, 3.8) is 0 Å². The van der Waals surface area contributed by atoms with E-state index in [0.717, 1.165) is 0 Å². The smallest absolute Gasteiger partial charge is 0.236 e. The fraction of sp³-hybridized carbons (Fsp3) is 0.389. The quantitative estimate of drug-likeness (QED) is 0.812. The standard InChI is InChI=1S/C18H18FN7O/c19-15-13-14(2-9-22-15)23-16-3-10-26(24-16)18(4-8-21)5-11-25(12-6-18)17(27)1-7-20/h2-3,9-10,13H,1,4-6,11-12H2,(H,22,23,24). The maximum atomic E-state index is 13.2. The second-order valence-corrected chi connectivity index (χ2v) is 6.41. The molecule has 9 heteroatoms. The van der Waals surface area contributed by atoms with Crippen LogP contribution in [0.2, 0.25) is 0 Å². The number of hydrogen-bond donors (Lipinski definition) is 1. The molecule has 0 saturated carbocycles. The maximum Gasteiger partial charge on any atom is 0.236 e. The van der Waals surface area contributed by atoms with Gasteiger partial charge in [0.1, 0.15) is 6.42 Å². The summed E-state index contributed by atoms with van der Waals surface area (Å²) in [6.45, 7) is 0.945. The number of halogens is 1. The third kappa shape index (κ3) is 4.04. The predicted octanol–water partition coefficient (Wildman–Crippen LogP) is 2.31. The van der Waals surface area contributed by atoms with Crippen molar-refractivity contribution in [1.29, 1.82) is 10.5 Å². The van der Waals surface area contributed by atoms with Crippen LogP contribution in [0, 0.1) is 28.6 Å². The average molecular weight is 367 g/mol. The van der Waals surface area contributed by atoms with E-state index < -0.39 is 11.5 Å². The first-order chi connectivity index (χ1) is 13.1. The number of nitrogens with zero attached hydrogens (tertiary/aromatic N) is 6. The predicted molar refractivity (Wildman–Crippen MR) is 94.0 cm³/mol. The highest BCUT2D eigenvalue weighted by molar-refractivity contribution is 5.78. The first-order valence-electron chi connectivity index (χ1n) is 8.53. The summed E-state index contributed by atoms with van der Waals surface area (Å²) in [6, 6.07) is 8.74. The Hall–Kier alpha value is -3.46. The van der Waals surface area contributed by atoms with Gasteiger partial charge in [-0.05, 0) is 18.9 Å². The molecule has 0 unspecified atom stereocenters. The van der Waals surface area contributed by atoms with Crippen molar-refractivity contribution in [2.24, 2.45) is 0 Å². The number of hydrogen-bond acceptors (Lipinski definition) is 6. The van der Waals surface area contributed by atoms with Gasteiger partial charge in [0.05, 0.1) is 24.1 Å². The van der Waals surface area contributed by atoms with Crippen LogP contribution in [-0.2, 0) is 10.3 Å². The van der Waals surface area contributed by atoms with Crippen LogP contribution in [0.15, 0.2) is 30.6 Å². The molecule has 3 rings (SSSR count). The van der Waals surface area contributed by atoms with Crippen LogP contribution >= 0.6 is 0 Å². The highest BCUT2D eigenvalue weighted by atomic mass is 19.1. The Morgan fingerprint density at radius 3 is 2.74 bits per heavy atom. The van der Waals surface area contributed by atoms with Crippen LogP contribution < -0.4 is 5.32 Å². The Morgan fingerprint density at radius 2 is 2.07 bits per heavy atom. The molecule has 1 aliphatic rings. The van der Waals surface area contributed by atoms with E-state index in [0.29, 0.717) is 37.4 Å². The van der Waals surface area contributed by atoms with Crippen LogP contribution in [0.5, 0.6) is 0 Å². The van der Waals surface area contributed by atoms with Gasteiger partial charge < -0.3 is 10.2 Å². The van der Waals surface area contributed by atoms with Crippen LogP contribution in [-0.4, -0.2) is 38.7 Å². The van der Waals surface area contributed by atoms with Crippen LogP contribution in [0.25, 0.3) is 0 Å². The lowest BCUT2D eigenvalue weighted by Gasteiger charge is -2.40. The van der Waals surface area contributed by atoms with Crippen molar-refractivity contribution < 1.29 is 9.18 Å². The van der Waals surface area contributed by atoms with Crippen molar-refractivity contribution in [2.75, 3.05) is 18.4 Å². The molecule has 8 nitrogen and oxygen atoms in total. The summed E-state index contributed by atoms with van der Waals surface area (Å²) in [6.07, 6.45) is 4.41. The zero-order valence-electron chi connectivity index (χ0n) is 14.6. The molecule has 27 heavy (non-hydrogen) atoms. The molecule has 1 aliphatic heterocycles. The third-order valence-corrected chi connectivity index (χ3v) is 4.76. The Labute approximate surface area is 155 Å². The number of carbonyl (C=O) groups excluding carboxylic acids is 1. The fourth-order valence-electron chi connectivity index (χ4n) is 3.27. The van der Waals surface area contributed by atoms with Crippen molar-refractivity contribution >= 4 is 17.4 Å². The Morgan fingerprint density at radius 1 is 1.30 bits per heavy atom. The van der Waals surface area contributed by atoms with Gasteiger partial charge in [-0.15, -0.1) is 0 Å². The molecule has 2 aromatic heterocycles. The lowest BCUT2D eigenvalue weighted by Crippen LogP contribution is -2.48. The summed E-state index contributed by atoms with van der Waals surface area (Å²) < 4.78 is 15.0. The van der Waals surface area contributed by atoms with E-state index in [4.69, 9.17) is 5.26 Å². The Bertz CT molecular complexity index is 903. The summed E-state index contributed by atoms with van der Waals surface area (Å²) in [5.74, 6) is -0.249. The number of amides is 1. The van der Waals surface area contributed by atoms with Crippen LogP contribution in [0.1, 0.15) is 25.7 Å². The van der Waals surface area contributed by atoms with E-state index in [1.165, 1.54) is 12.3 Å². The van der Waals surface area contributed by atoms with Gasteiger partial charge in [-0.3, -0.25) is 9.48 Å². The lowest BCUT2D eigenvalue weighted by atomic mass is 9.85. The molecule has 138 valence electrons. The summed E-state index contributed by atoms with van der Waals surface area (Å²) in [5, 5.41) is 25.5. The SMILES string of the molecule is N#CCC(=O)N1CCC(CC#N)(n2ccc(Nc3ccnc(F)c3)n2)CC1. The molecular formula is C18H18FN7O. The highest BCUT2D eigenvalue weighted by Gasteiger charge is 2.38. The number of nitrogens with one attached hydrogen (secondary N) is 1. The van der Waals surface area contributed by atoms with Crippen molar-refractivity contribution in [3.8, 4) is 12.1 Å². The molecule has 0 bridgehead atoms. The minimum absolute atomic E-state index is 0.135. The minimum atomic E-state index is -0.588. The summed E-state index contributed by atoms with van der Waals surface area (Å²) >= 11 is 0. The molecule has 3 heterocycles. The molecule has 1 amide bonds. The molecule has 1 saturated heterocycles. The van der Waals surface area contributed by atoms with E-state index in [2.05, 4.69) is 21.5 Å². The monoisotopic (exact) mass is 367 g/mol. The number of piperidine rings is 1. The van der Waals surface area contributed by atoms with Gasteiger partial charge >= 0.3 is 0 Å². The van der Waals surface area contributed by atoms with E-state index in [-0.39, 0.29) is 18.7 Å². The van der Waals surface area contributed by atoms with Gasteiger partial charge in [-0.25, -0.2) is 4.98 Å². The number of pyridine rings is 1. The van der Waals surface area contributed by atoms with Crippen molar-refractivity contribution in [2.45, 2.75) is 31.2 Å². The van der Waals surface area contributed by atoms with Crippen LogP contribution in [0.3, 0.4) is 0 Å². The summed E-state index contributed by atoms with van der Waals surface area (Å²) in [7, 11) is 0.